The van der Waals surface area contributed by atoms with E-state index in [4.69, 9.17) is 0 Å². The normalized spacial score (nSPS) is 40.5. The molecule has 58 valence electrons. The minimum atomic E-state index is 0.976. The molecule has 0 aromatic rings. The first kappa shape index (κ1) is 6.66. The van der Waals surface area contributed by atoms with Crippen LogP contribution in [0.5, 0.6) is 0 Å². The zero-order chi connectivity index (χ0) is 6.97. The van der Waals surface area contributed by atoms with Gasteiger partial charge in [-0.3, -0.25) is 0 Å². The van der Waals surface area contributed by atoms with E-state index in [9.17, 15) is 0 Å². The highest BCUT2D eigenvalue weighted by atomic mass is 15.2. The molecule has 2 fully saturated rings. The molecule has 2 unspecified atom stereocenters. The summed E-state index contributed by atoms with van der Waals surface area (Å²) in [4.78, 5) is 2.66. The van der Waals surface area contributed by atoms with Crippen molar-refractivity contribution >= 4 is 0 Å². The molecule has 1 nitrogen and oxygen atoms in total. The number of hydrogen-bond donors (Lipinski definition) is 0. The van der Waals surface area contributed by atoms with Gasteiger partial charge in [0.15, 0.2) is 0 Å². The molecule has 2 bridgehead atoms. The lowest BCUT2D eigenvalue weighted by atomic mass is 9.90. The molecule has 10 heavy (non-hydrogen) atoms. The molecule has 0 aromatic heterocycles. The second-order valence-electron chi connectivity index (χ2n) is 3.77. The van der Waals surface area contributed by atoms with Gasteiger partial charge in [0, 0.05) is 12.6 Å². The second-order valence-corrected chi connectivity index (χ2v) is 3.77. The number of fused-ring (bicyclic) bond motifs is 2. The van der Waals surface area contributed by atoms with Crippen LogP contribution in [0.4, 0.5) is 0 Å². The van der Waals surface area contributed by atoms with Crippen LogP contribution in [0, 0.1) is 5.92 Å². The molecule has 2 atom stereocenters. The molecule has 1 saturated carbocycles. The molecule has 0 N–H and O–H groups in total. The first-order chi connectivity index (χ1) is 4.90. The lowest BCUT2D eigenvalue weighted by Gasteiger charge is -2.22. The summed E-state index contributed by atoms with van der Waals surface area (Å²) >= 11 is 0. The largest absolute Gasteiger partial charge is 0.300 e. The molecule has 1 aliphatic carbocycles. The highest BCUT2D eigenvalue weighted by Crippen LogP contribution is 2.34. The van der Waals surface area contributed by atoms with Crippen LogP contribution in [-0.2, 0) is 0 Å². The quantitative estimate of drug-likeness (QED) is 0.536. The number of nitrogens with zero attached hydrogens (tertiary/aromatic N) is 1. The maximum absolute atomic E-state index is 2.66. The summed E-state index contributed by atoms with van der Waals surface area (Å²) < 4.78 is 0. The van der Waals surface area contributed by atoms with Crippen LogP contribution in [-0.4, -0.2) is 24.0 Å². The Morgan fingerprint density at radius 3 is 3.00 bits per heavy atom. The third kappa shape index (κ3) is 0.968. The topological polar surface area (TPSA) is 3.24 Å². The first-order valence-electron chi connectivity index (χ1n) is 4.64. The van der Waals surface area contributed by atoms with Crippen LogP contribution in [0.15, 0.2) is 0 Å². The monoisotopic (exact) mass is 139 g/mol. The van der Waals surface area contributed by atoms with E-state index in [0.717, 1.165) is 12.0 Å². The predicted molar refractivity (Wildman–Crippen MR) is 43.0 cm³/mol. The highest BCUT2D eigenvalue weighted by molar-refractivity contribution is 4.88. The van der Waals surface area contributed by atoms with Crippen molar-refractivity contribution in [3.63, 3.8) is 0 Å². The SMILES string of the molecule is CCN1CC2CCCC1C2. The van der Waals surface area contributed by atoms with Gasteiger partial charge < -0.3 is 4.90 Å². The molecule has 1 heterocycles. The molecule has 1 saturated heterocycles. The standard InChI is InChI=1S/C9H17N/c1-2-10-7-8-4-3-5-9(10)6-8/h8-9H,2-7H2,1H3. The van der Waals surface area contributed by atoms with Gasteiger partial charge in [0.2, 0.25) is 0 Å². The number of hydrogen-bond acceptors (Lipinski definition) is 1. The Morgan fingerprint density at radius 2 is 2.30 bits per heavy atom. The van der Waals surface area contributed by atoms with Crippen molar-refractivity contribution in [1.82, 2.24) is 4.90 Å². The van der Waals surface area contributed by atoms with E-state index >= 15 is 0 Å². The summed E-state index contributed by atoms with van der Waals surface area (Å²) in [6.45, 7) is 4.98. The van der Waals surface area contributed by atoms with Crippen molar-refractivity contribution in [2.75, 3.05) is 13.1 Å². The van der Waals surface area contributed by atoms with E-state index < -0.39 is 0 Å². The van der Waals surface area contributed by atoms with Crippen molar-refractivity contribution in [1.29, 1.82) is 0 Å². The van der Waals surface area contributed by atoms with Gasteiger partial charge in [-0.15, -0.1) is 0 Å². The fourth-order valence-corrected chi connectivity index (χ4v) is 2.63. The van der Waals surface area contributed by atoms with Crippen LogP contribution in [0.2, 0.25) is 0 Å². The van der Waals surface area contributed by atoms with Gasteiger partial charge in [-0.1, -0.05) is 13.3 Å². The van der Waals surface area contributed by atoms with E-state index in [1.165, 1.54) is 38.8 Å². The number of likely N-dealkylation sites (tertiary alicyclic amines) is 1. The van der Waals surface area contributed by atoms with Gasteiger partial charge in [-0.05, 0) is 31.7 Å². The van der Waals surface area contributed by atoms with Gasteiger partial charge in [0.25, 0.3) is 0 Å². The molecular formula is C9H17N. The zero-order valence-electron chi connectivity index (χ0n) is 6.84. The van der Waals surface area contributed by atoms with Crippen LogP contribution in [0.1, 0.15) is 32.6 Å². The van der Waals surface area contributed by atoms with Crippen molar-refractivity contribution in [3.8, 4) is 0 Å². The molecule has 0 aromatic carbocycles. The van der Waals surface area contributed by atoms with Gasteiger partial charge in [0.05, 0.1) is 0 Å². The predicted octanol–water partition coefficient (Wildman–Crippen LogP) is 1.88. The van der Waals surface area contributed by atoms with Gasteiger partial charge in [0.1, 0.15) is 0 Å². The zero-order valence-corrected chi connectivity index (χ0v) is 6.84. The molecule has 0 radical (unpaired) electrons. The van der Waals surface area contributed by atoms with Crippen LogP contribution < -0.4 is 0 Å². The summed E-state index contributed by atoms with van der Waals surface area (Å²) in [5.74, 6) is 1.07. The van der Waals surface area contributed by atoms with E-state index in [-0.39, 0.29) is 0 Å². The van der Waals surface area contributed by atoms with E-state index in [1.807, 2.05) is 0 Å². The van der Waals surface area contributed by atoms with Crippen LogP contribution in [0.3, 0.4) is 0 Å². The lowest BCUT2D eigenvalue weighted by Crippen LogP contribution is -2.28. The minimum Gasteiger partial charge on any atom is -0.300 e. The van der Waals surface area contributed by atoms with Gasteiger partial charge >= 0.3 is 0 Å². The van der Waals surface area contributed by atoms with Crippen LogP contribution >= 0.6 is 0 Å². The third-order valence-corrected chi connectivity index (χ3v) is 3.17. The molecule has 0 amide bonds. The fourth-order valence-electron chi connectivity index (χ4n) is 2.63. The average molecular weight is 139 g/mol. The Kier molecular flexibility index (Phi) is 1.69. The Morgan fingerprint density at radius 1 is 1.40 bits per heavy atom. The minimum absolute atomic E-state index is 0.976. The molecule has 2 rings (SSSR count). The maximum Gasteiger partial charge on any atom is 0.00983 e. The molecular weight excluding hydrogens is 122 g/mol. The molecule has 1 heteroatoms. The van der Waals surface area contributed by atoms with Crippen molar-refractivity contribution < 1.29 is 0 Å². The Balaban J connectivity index is 2.01. The molecule has 2 aliphatic rings. The van der Waals surface area contributed by atoms with Crippen molar-refractivity contribution in [2.45, 2.75) is 38.6 Å². The van der Waals surface area contributed by atoms with Crippen molar-refractivity contribution in [3.05, 3.63) is 0 Å². The highest BCUT2D eigenvalue weighted by Gasteiger charge is 2.33. The average Bonchev–Trinajstić information content (AvgIpc) is 2.26. The third-order valence-electron chi connectivity index (χ3n) is 3.17. The molecule has 0 spiro atoms. The van der Waals surface area contributed by atoms with Crippen LogP contribution in [0.25, 0.3) is 0 Å². The molecule has 1 aliphatic heterocycles. The van der Waals surface area contributed by atoms with Gasteiger partial charge in [-0.25, -0.2) is 0 Å². The smallest absolute Gasteiger partial charge is 0.00983 e. The lowest BCUT2D eigenvalue weighted by molar-refractivity contribution is 0.257. The first-order valence-corrected chi connectivity index (χ1v) is 4.64. The Hall–Kier alpha value is -0.0400. The fraction of sp³-hybridized carbons (Fsp3) is 1.00. The Labute approximate surface area is 63.4 Å². The second kappa shape index (κ2) is 2.54. The number of rotatable bonds is 1. The maximum atomic E-state index is 2.66. The van der Waals surface area contributed by atoms with Gasteiger partial charge in [-0.2, -0.15) is 0 Å². The summed E-state index contributed by atoms with van der Waals surface area (Å²) in [6, 6.07) is 0.976. The van der Waals surface area contributed by atoms with E-state index in [2.05, 4.69) is 11.8 Å². The van der Waals surface area contributed by atoms with E-state index in [1.54, 1.807) is 0 Å². The van der Waals surface area contributed by atoms with Crippen molar-refractivity contribution in [2.24, 2.45) is 5.92 Å². The summed E-state index contributed by atoms with van der Waals surface area (Å²) in [5.41, 5.74) is 0. The summed E-state index contributed by atoms with van der Waals surface area (Å²) in [7, 11) is 0. The summed E-state index contributed by atoms with van der Waals surface area (Å²) in [5, 5.41) is 0. The summed E-state index contributed by atoms with van der Waals surface area (Å²) in [6.07, 6.45) is 5.98. The van der Waals surface area contributed by atoms with E-state index in [0.29, 0.717) is 0 Å². The Bertz CT molecular complexity index is 122.